The van der Waals surface area contributed by atoms with E-state index in [9.17, 15) is 44.7 Å². The van der Waals surface area contributed by atoms with Gasteiger partial charge in [0.25, 0.3) is 34.8 Å². The van der Waals surface area contributed by atoms with E-state index >= 15 is 0 Å². The zero-order valence-corrected chi connectivity index (χ0v) is 18.0. The van der Waals surface area contributed by atoms with Crippen molar-refractivity contribution in [3.05, 3.63) is 119 Å². The van der Waals surface area contributed by atoms with Crippen molar-refractivity contribution in [3.8, 4) is 0 Å². The molecule has 3 amide bonds. The molecule has 180 valence electrons. The van der Waals surface area contributed by atoms with Gasteiger partial charge in [0.2, 0.25) is 0 Å². The fourth-order valence-electron chi connectivity index (χ4n) is 3.63. The third-order valence-corrected chi connectivity index (χ3v) is 5.35. The highest BCUT2D eigenvalue weighted by Gasteiger charge is 2.45. The van der Waals surface area contributed by atoms with Gasteiger partial charge in [-0.15, -0.1) is 0 Å². The molecule has 3 aromatic carbocycles. The number of non-ortho nitro benzene ring substituents is 2. The molecule has 4 rings (SSSR count). The molecule has 0 atom stereocenters. The van der Waals surface area contributed by atoms with Crippen molar-refractivity contribution in [2.24, 2.45) is 0 Å². The number of carbonyl (C=O) groups is 3. The molecule has 0 N–H and O–H groups in total. The quantitative estimate of drug-likeness (QED) is 0.271. The predicted molar refractivity (Wildman–Crippen MR) is 120 cm³/mol. The van der Waals surface area contributed by atoms with E-state index in [1.54, 1.807) is 0 Å². The highest BCUT2D eigenvalue weighted by atomic mass is 16.6. The van der Waals surface area contributed by atoms with Crippen LogP contribution < -0.4 is 0 Å². The number of benzene rings is 3. The van der Waals surface area contributed by atoms with E-state index in [0.29, 0.717) is 10.6 Å². The van der Waals surface area contributed by atoms with E-state index in [4.69, 9.17) is 0 Å². The summed E-state index contributed by atoms with van der Waals surface area (Å²) in [6, 6.07) is 12.8. The number of rotatable bonds is 7. The van der Waals surface area contributed by atoms with Crippen molar-refractivity contribution in [1.29, 1.82) is 0 Å². The molecule has 1 aliphatic heterocycles. The van der Waals surface area contributed by atoms with Gasteiger partial charge in [0.1, 0.15) is 5.56 Å². The summed E-state index contributed by atoms with van der Waals surface area (Å²) in [4.78, 5) is 71.0. The van der Waals surface area contributed by atoms with Crippen molar-refractivity contribution in [1.82, 2.24) is 10.0 Å². The summed E-state index contributed by atoms with van der Waals surface area (Å²) in [6.45, 7) is -0.424. The van der Waals surface area contributed by atoms with Crippen molar-refractivity contribution in [3.63, 3.8) is 0 Å². The largest absolute Gasteiger partial charge is 0.287 e. The Bertz CT molecular complexity index is 1450. The van der Waals surface area contributed by atoms with Crippen LogP contribution in [0.5, 0.6) is 0 Å². The number of fused-ring (bicyclic) bond motifs is 1. The predicted octanol–water partition coefficient (Wildman–Crippen LogP) is 3.26. The SMILES string of the molecule is O=C(c1ccc([N+](=O)[O-])cc1)N(Cc1ccc([N+](=O)[O-])cc1)N1C(=O)c2cccc([N+](=O)[O-])c2C1=O. The molecule has 0 bridgehead atoms. The van der Waals surface area contributed by atoms with Gasteiger partial charge in [0.15, 0.2) is 0 Å². The fraction of sp³-hybridized carbons (Fsp3) is 0.0455. The van der Waals surface area contributed by atoms with Crippen molar-refractivity contribution in [2.45, 2.75) is 6.54 Å². The van der Waals surface area contributed by atoms with Crippen LogP contribution >= 0.6 is 0 Å². The smallest absolute Gasteiger partial charge is 0.267 e. The van der Waals surface area contributed by atoms with E-state index in [-0.39, 0.29) is 22.5 Å². The molecule has 0 saturated heterocycles. The zero-order valence-electron chi connectivity index (χ0n) is 18.0. The van der Waals surface area contributed by atoms with Crippen LogP contribution in [0.3, 0.4) is 0 Å². The number of hydrogen-bond acceptors (Lipinski definition) is 9. The number of nitro groups is 3. The minimum absolute atomic E-state index is 0.117. The lowest BCUT2D eigenvalue weighted by atomic mass is 10.1. The van der Waals surface area contributed by atoms with Gasteiger partial charge in [-0.1, -0.05) is 18.2 Å². The molecule has 0 aromatic heterocycles. The number of nitrogens with zero attached hydrogens (tertiary/aromatic N) is 5. The van der Waals surface area contributed by atoms with Gasteiger partial charge < -0.3 is 0 Å². The normalized spacial score (nSPS) is 12.3. The number of hydrogen-bond donors (Lipinski definition) is 0. The van der Waals surface area contributed by atoms with Gasteiger partial charge in [-0.2, -0.15) is 5.01 Å². The number of nitro benzene ring substituents is 3. The second-order valence-electron chi connectivity index (χ2n) is 7.47. The minimum atomic E-state index is -1.11. The number of imide groups is 1. The molecule has 0 saturated carbocycles. The van der Waals surface area contributed by atoms with Crippen LogP contribution in [0.15, 0.2) is 66.7 Å². The van der Waals surface area contributed by atoms with E-state index in [1.807, 2.05) is 0 Å². The van der Waals surface area contributed by atoms with Crippen molar-refractivity contribution >= 4 is 34.8 Å². The van der Waals surface area contributed by atoms with Crippen LogP contribution in [-0.4, -0.2) is 42.5 Å². The van der Waals surface area contributed by atoms with Crippen LogP contribution in [0, 0.1) is 30.3 Å². The second kappa shape index (κ2) is 9.02. The van der Waals surface area contributed by atoms with Gasteiger partial charge >= 0.3 is 0 Å². The molecule has 0 unspecified atom stereocenters. The number of amides is 3. The maximum Gasteiger partial charge on any atom is 0.287 e. The molecular formula is C22H13N5O9. The van der Waals surface area contributed by atoms with Crippen LogP contribution in [0.4, 0.5) is 17.1 Å². The molecule has 1 heterocycles. The van der Waals surface area contributed by atoms with Crippen LogP contribution in [0.2, 0.25) is 0 Å². The van der Waals surface area contributed by atoms with Gasteiger partial charge in [-0.3, -0.25) is 44.7 Å². The van der Waals surface area contributed by atoms with E-state index in [2.05, 4.69) is 0 Å². The lowest BCUT2D eigenvalue weighted by molar-refractivity contribution is -0.385. The van der Waals surface area contributed by atoms with E-state index < -0.39 is 50.3 Å². The first-order chi connectivity index (χ1) is 17.1. The van der Waals surface area contributed by atoms with Gasteiger partial charge in [0, 0.05) is 35.9 Å². The highest BCUT2D eigenvalue weighted by molar-refractivity contribution is 6.23. The Morgan fingerprint density at radius 3 is 1.83 bits per heavy atom. The highest BCUT2D eigenvalue weighted by Crippen LogP contribution is 2.33. The maximum absolute atomic E-state index is 13.4. The van der Waals surface area contributed by atoms with Gasteiger partial charge in [-0.05, 0) is 23.8 Å². The molecule has 1 aliphatic rings. The summed E-state index contributed by atoms with van der Waals surface area (Å²) < 4.78 is 0. The summed E-state index contributed by atoms with van der Waals surface area (Å²) in [5, 5.41) is 34.5. The molecular weight excluding hydrogens is 478 g/mol. The second-order valence-corrected chi connectivity index (χ2v) is 7.47. The van der Waals surface area contributed by atoms with E-state index in [1.165, 1.54) is 24.3 Å². The first-order valence-corrected chi connectivity index (χ1v) is 10.1. The minimum Gasteiger partial charge on any atom is -0.267 e. The molecule has 36 heavy (non-hydrogen) atoms. The number of carbonyl (C=O) groups excluding carboxylic acids is 3. The Labute approximate surface area is 200 Å². The third-order valence-electron chi connectivity index (χ3n) is 5.35. The molecule has 14 heteroatoms. The summed E-state index contributed by atoms with van der Waals surface area (Å²) >= 11 is 0. The number of hydrazine groups is 1. The lowest BCUT2D eigenvalue weighted by Crippen LogP contribution is -2.49. The Kier molecular flexibility index (Phi) is 5.92. The average molecular weight is 491 g/mol. The summed E-state index contributed by atoms with van der Waals surface area (Å²) in [6.07, 6.45) is 0. The molecule has 0 radical (unpaired) electrons. The van der Waals surface area contributed by atoms with Crippen LogP contribution in [0.1, 0.15) is 36.6 Å². The van der Waals surface area contributed by atoms with Crippen molar-refractivity contribution in [2.75, 3.05) is 0 Å². The summed E-state index contributed by atoms with van der Waals surface area (Å²) in [7, 11) is 0. The van der Waals surface area contributed by atoms with Crippen molar-refractivity contribution < 1.29 is 29.2 Å². The van der Waals surface area contributed by atoms with Gasteiger partial charge in [-0.25, -0.2) is 5.01 Å². The Hall–Kier alpha value is -5.53. The zero-order chi connectivity index (χ0) is 26.1. The third kappa shape index (κ3) is 4.09. The molecule has 0 spiro atoms. The van der Waals surface area contributed by atoms with Gasteiger partial charge in [0.05, 0.1) is 26.9 Å². The molecule has 14 nitrogen and oxygen atoms in total. The van der Waals surface area contributed by atoms with E-state index in [0.717, 1.165) is 47.5 Å². The summed E-state index contributed by atoms with van der Waals surface area (Å²) in [5.41, 5.74) is -1.74. The van der Waals surface area contributed by atoms with Crippen LogP contribution in [-0.2, 0) is 6.54 Å². The first kappa shape index (κ1) is 23.6. The standard InChI is InChI=1S/C22H13N5O9/c28-20(14-6-10-16(11-7-14)26(33)34)23(12-13-4-8-15(9-5-13)25(31)32)24-21(29)17-2-1-3-18(27(35)36)19(17)22(24)30/h1-11H,12H2. The molecule has 0 fully saturated rings. The fourth-order valence-corrected chi connectivity index (χ4v) is 3.63. The molecule has 3 aromatic rings. The van der Waals surface area contributed by atoms with Crippen LogP contribution in [0.25, 0.3) is 0 Å². The topological polar surface area (TPSA) is 187 Å². The Morgan fingerprint density at radius 2 is 1.31 bits per heavy atom. The monoisotopic (exact) mass is 491 g/mol. The lowest BCUT2D eigenvalue weighted by Gasteiger charge is -2.30. The first-order valence-electron chi connectivity index (χ1n) is 10.1. The Morgan fingerprint density at radius 1 is 0.750 bits per heavy atom. The average Bonchev–Trinajstić information content (AvgIpc) is 3.12. The summed E-state index contributed by atoms with van der Waals surface area (Å²) in [5.74, 6) is -3.02. The maximum atomic E-state index is 13.4. The Balaban J connectivity index is 1.78. The molecule has 0 aliphatic carbocycles.